The smallest absolute Gasteiger partial charge is 0.213 e. The van der Waals surface area contributed by atoms with Crippen LogP contribution in [0.2, 0.25) is 0 Å². The molecule has 0 fully saturated rings. The molecule has 0 spiro atoms. The molecule has 0 unspecified atom stereocenters. The van der Waals surface area contributed by atoms with Crippen molar-refractivity contribution in [3.63, 3.8) is 0 Å². The molecule has 0 aromatic heterocycles. The Morgan fingerprint density at radius 1 is 2.00 bits per heavy atom. The van der Waals surface area contributed by atoms with Crippen LogP contribution in [0.1, 0.15) is 0 Å². The first-order chi connectivity index (χ1) is 3.31. The fourth-order valence-corrected chi connectivity index (χ4v) is 0.278. The van der Waals surface area contributed by atoms with Crippen LogP contribution in [0.15, 0.2) is 0 Å². The molecule has 7 heavy (non-hydrogen) atoms. The van der Waals surface area contributed by atoms with E-state index in [4.69, 9.17) is 5.41 Å². The molecule has 0 aromatic rings. The highest BCUT2D eigenvalue weighted by Crippen LogP contribution is 1.86. The molecular formula is C3H6N2OS. The number of carbonyl (C=O) groups excluding carboxylic acids is 1. The van der Waals surface area contributed by atoms with Gasteiger partial charge in [-0.25, -0.2) is 0 Å². The van der Waals surface area contributed by atoms with Crippen molar-refractivity contribution in [1.82, 2.24) is 5.32 Å². The van der Waals surface area contributed by atoms with Gasteiger partial charge in [0.2, 0.25) is 6.41 Å². The van der Waals surface area contributed by atoms with Crippen molar-refractivity contribution in [2.24, 2.45) is 0 Å². The third-order valence-corrected chi connectivity index (χ3v) is 0.920. The maximum atomic E-state index is 9.51. The minimum absolute atomic E-state index is 0.176. The summed E-state index contributed by atoms with van der Waals surface area (Å²) >= 11 is 1.19. The summed E-state index contributed by atoms with van der Waals surface area (Å²) in [5, 5.41) is 9.09. The molecule has 0 saturated heterocycles. The number of amidine groups is 1. The maximum Gasteiger partial charge on any atom is 0.213 e. The summed E-state index contributed by atoms with van der Waals surface area (Å²) in [7, 11) is 0. The van der Waals surface area contributed by atoms with E-state index in [0.29, 0.717) is 6.41 Å². The molecule has 4 heteroatoms. The van der Waals surface area contributed by atoms with E-state index in [1.54, 1.807) is 6.26 Å². The second-order valence-electron chi connectivity index (χ2n) is 0.795. The molecule has 0 heterocycles. The molecule has 0 radical (unpaired) electrons. The molecule has 40 valence electrons. The van der Waals surface area contributed by atoms with Gasteiger partial charge in [0.05, 0.1) is 0 Å². The summed E-state index contributed by atoms with van der Waals surface area (Å²) in [6.45, 7) is 0. The van der Waals surface area contributed by atoms with Crippen LogP contribution in [0, 0.1) is 5.41 Å². The SMILES string of the molecule is CSC(=N)NC=O. The van der Waals surface area contributed by atoms with Gasteiger partial charge in [-0.2, -0.15) is 0 Å². The van der Waals surface area contributed by atoms with Gasteiger partial charge in [0.25, 0.3) is 0 Å². The van der Waals surface area contributed by atoms with Gasteiger partial charge in [-0.05, 0) is 6.26 Å². The lowest BCUT2D eigenvalue weighted by molar-refractivity contribution is -0.108. The van der Waals surface area contributed by atoms with Crippen molar-refractivity contribution in [2.75, 3.05) is 6.26 Å². The van der Waals surface area contributed by atoms with Crippen LogP contribution in [0.5, 0.6) is 0 Å². The van der Waals surface area contributed by atoms with Crippen molar-refractivity contribution in [3.05, 3.63) is 0 Å². The van der Waals surface area contributed by atoms with E-state index in [9.17, 15) is 4.79 Å². The lowest BCUT2D eigenvalue weighted by Gasteiger charge is -1.90. The van der Waals surface area contributed by atoms with Crippen molar-refractivity contribution < 1.29 is 4.79 Å². The standard InChI is InChI=1S/C3H6N2OS/c1-7-3(4)5-2-6/h2H,1H3,(H2,4,5,6). The van der Waals surface area contributed by atoms with Gasteiger partial charge in [-0.15, -0.1) is 0 Å². The van der Waals surface area contributed by atoms with Crippen LogP contribution in [0.3, 0.4) is 0 Å². The van der Waals surface area contributed by atoms with Crippen LogP contribution in [-0.2, 0) is 4.79 Å². The van der Waals surface area contributed by atoms with E-state index in [2.05, 4.69) is 5.32 Å². The Bertz CT molecular complexity index is 83.0. The normalized spacial score (nSPS) is 7.57. The summed E-state index contributed by atoms with van der Waals surface area (Å²) in [6.07, 6.45) is 2.21. The van der Waals surface area contributed by atoms with Gasteiger partial charge < -0.3 is 5.32 Å². The number of thioether (sulfide) groups is 1. The predicted molar refractivity (Wildman–Crippen MR) is 30.4 cm³/mol. The summed E-state index contributed by atoms with van der Waals surface area (Å²) in [4.78, 5) is 9.51. The summed E-state index contributed by atoms with van der Waals surface area (Å²) in [5.74, 6) is 0. The Labute approximate surface area is 46.0 Å². The molecule has 0 aliphatic rings. The largest absolute Gasteiger partial charge is 0.308 e. The van der Waals surface area contributed by atoms with E-state index in [1.807, 2.05) is 0 Å². The molecule has 3 nitrogen and oxygen atoms in total. The topological polar surface area (TPSA) is 53.0 Å². The monoisotopic (exact) mass is 118 g/mol. The molecule has 0 aliphatic heterocycles. The van der Waals surface area contributed by atoms with Crippen molar-refractivity contribution >= 4 is 23.3 Å². The molecule has 1 amide bonds. The molecule has 0 bridgehead atoms. The molecule has 2 N–H and O–H groups in total. The minimum Gasteiger partial charge on any atom is -0.308 e. The first kappa shape index (κ1) is 6.49. The van der Waals surface area contributed by atoms with Gasteiger partial charge in [0, 0.05) is 0 Å². The Kier molecular flexibility index (Phi) is 3.40. The third-order valence-electron chi connectivity index (χ3n) is 0.394. The predicted octanol–water partition coefficient (Wildman–Crippen LogP) is 0.0302. The highest BCUT2D eigenvalue weighted by molar-refractivity contribution is 8.13. The number of nitrogens with one attached hydrogen (secondary N) is 2. The molecule has 0 saturated carbocycles. The highest BCUT2D eigenvalue weighted by Gasteiger charge is 1.83. The van der Waals surface area contributed by atoms with Gasteiger partial charge in [-0.1, -0.05) is 11.8 Å². The first-order valence-electron chi connectivity index (χ1n) is 1.64. The minimum atomic E-state index is 0.176. The van der Waals surface area contributed by atoms with Crippen molar-refractivity contribution in [2.45, 2.75) is 0 Å². The molecule has 0 aliphatic carbocycles. The van der Waals surface area contributed by atoms with E-state index in [1.165, 1.54) is 11.8 Å². The Morgan fingerprint density at radius 2 is 2.57 bits per heavy atom. The second kappa shape index (κ2) is 3.67. The Hall–Kier alpha value is -0.510. The third kappa shape index (κ3) is 3.32. The summed E-state index contributed by atoms with van der Waals surface area (Å²) in [5.41, 5.74) is 0. The summed E-state index contributed by atoms with van der Waals surface area (Å²) < 4.78 is 0. The van der Waals surface area contributed by atoms with Gasteiger partial charge in [0.1, 0.15) is 0 Å². The molecule has 0 atom stereocenters. The fourth-order valence-electron chi connectivity index (χ4n) is 0.112. The van der Waals surface area contributed by atoms with Crippen LogP contribution >= 0.6 is 11.8 Å². The highest BCUT2D eigenvalue weighted by atomic mass is 32.2. The van der Waals surface area contributed by atoms with Crippen LogP contribution in [0.25, 0.3) is 0 Å². The zero-order valence-corrected chi connectivity index (χ0v) is 4.71. The van der Waals surface area contributed by atoms with Gasteiger partial charge in [0.15, 0.2) is 5.17 Å². The van der Waals surface area contributed by atoms with Gasteiger partial charge >= 0.3 is 0 Å². The van der Waals surface area contributed by atoms with Crippen LogP contribution in [-0.4, -0.2) is 17.8 Å². The zero-order valence-electron chi connectivity index (χ0n) is 3.89. The number of hydrogen-bond donors (Lipinski definition) is 2. The Morgan fingerprint density at radius 3 is 2.71 bits per heavy atom. The average Bonchev–Trinajstić information content (AvgIpc) is 1.68. The molecular weight excluding hydrogens is 112 g/mol. The maximum absolute atomic E-state index is 9.51. The molecule has 0 rings (SSSR count). The molecule has 0 aromatic carbocycles. The van der Waals surface area contributed by atoms with Crippen LogP contribution < -0.4 is 5.32 Å². The van der Waals surface area contributed by atoms with Crippen molar-refractivity contribution in [3.8, 4) is 0 Å². The number of hydrogen-bond acceptors (Lipinski definition) is 3. The van der Waals surface area contributed by atoms with E-state index >= 15 is 0 Å². The van der Waals surface area contributed by atoms with E-state index in [0.717, 1.165) is 0 Å². The zero-order chi connectivity index (χ0) is 5.70. The second-order valence-corrected chi connectivity index (χ2v) is 1.61. The van der Waals surface area contributed by atoms with Crippen LogP contribution in [0.4, 0.5) is 0 Å². The number of amides is 1. The lowest BCUT2D eigenvalue weighted by atomic mass is 11.1. The lowest BCUT2D eigenvalue weighted by Crippen LogP contribution is -2.15. The van der Waals surface area contributed by atoms with E-state index in [-0.39, 0.29) is 5.17 Å². The first-order valence-corrected chi connectivity index (χ1v) is 2.86. The number of carbonyl (C=O) groups is 1. The Balaban J connectivity index is 3.17. The quantitative estimate of drug-likeness (QED) is 0.290. The fraction of sp³-hybridized carbons (Fsp3) is 0.333. The van der Waals surface area contributed by atoms with Gasteiger partial charge in [-0.3, -0.25) is 10.2 Å². The number of rotatable bonds is 1. The average molecular weight is 118 g/mol. The van der Waals surface area contributed by atoms with E-state index < -0.39 is 0 Å². The summed E-state index contributed by atoms with van der Waals surface area (Å²) in [6, 6.07) is 0. The van der Waals surface area contributed by atoms with Crippen molar-refractivity contribution in [1.29, 1.82) is 5.41 Å².